The average molecular weight is 212 g/mol. The maximum atomic E-state index is 12.1. The molecule has 1 nitrogen and oxygen atoms in total. The van der Waals surface area contributed by atoms with Crippen molar-refractivity contribution in [2.24, 2.45) is 5.92 Å². The van der Waals surface area contributed by atoms with E-state index in [1.54, 1.807) is 0 Å². The molecule has 1 heteroatoms. The SMILES string of the molecule is O=C1CC2CCCCC2=C1c1ccccc1. The minimum atomic E-state index is 0.369. The van der Waals surface area contributed by atoms with E-state index >= 15 is 0 Å². The second-order valence-corrected chi connectivity index (χ2v) is 4.84. The van der Waals surface area contributed by atoms with E-state index in [9.17, 15) is 4.79 Å². The predicted octanol–water partition coefficient (Wildman–Crippen LogP) is 3.60. The van der Waals surface area contributed by atoms with Gasteiger partial charge in [0.1, 0.15) is 0 Å². The Balaban J connectivity index is 2.07. The third kappa shape index (κ3) is 1.51. The molecule has 0 saturated heterocycles. The van der Waals surface area contributed by atoms with Crippen LogP contribution in [0.25, 0.3) is 5.57 Å². The van der Waals surface area contributed by atoms with E-state index in [0.29, 0.717) is 11.7 Å². The Morgan fingerprint density at radius 1 is 1.06 bits per heavy atom. The normalized spacial score (nSPS) is 24.8. The fourth-order valence-corrected chi connectivity index (χ4v) is 3.10. The van der Waals surface area contributed by atoms with Crippen LogP contribution < -0.4 is 0 Å². The number of benzene rings is 1. The van der Waals surface area contributed by atoms with Crippen molar-refractivity contribution in [1.82, 2.24) is 0 Å². The fraction of sp³-hybridized carbons (Fsp3) is 0.400. The summed E-state index contributed by atoms with van der Waals surface area (Å²) in [5, 5.41) is 0. The maximum Gasteiger partial charge on any atom is 0.164 e. The highest BCUT2D eigenvalue weighted by Gasteiger charge is 2.33. The Hall–Kier alpha value is -1.37. The molecule has 1 aromatic rings. The average Bonchev–Trinajstić information content (AvgIpc) is 2.66. The molecule has 2 aliphatic rings. The minimum absolute atomic E-state index is 0.369. The van der Waals surface area contributed by atoms with Gasteiger partial charge in [0.2, 0.25) is 0 Å². The molecule has 0 aliphatic heterocycles. The number of carbonyl (C=O) groups is 1. The van der Waals surface area contributed by atoms with Gasteiger partial charge >= 0.3 is 0 Å². The molecule has 82 valence electrons. The topological polar surface area (TPSA) is 17.1 Å². The standard InChI is InChI=1S/C15H16O/c16-14-10-12-8-4-5-9-13(12)15(14)11-6-2-1-3-7-11/h1-3,6-7,12H,4-5,8-10H2. The number of ketones is 1. The Morgan fingerprint density at radius 2 is 1.88 bits per heavy atom. The van der Waals surface area contributed by atoms with Gasteiger partial charge in [0.25, 0.3) is 0 Å². The van der Waals surface area contributed by atoms with Gasteiger partial charge in [-0.2, -0.15) is 0 Å². The third-order valence-corrected chi connectivity index (χ3v) is 3.84. The van der Waals surface area contributed by atoms with Crippen molar-refractivity contribution in [1.29, 1.82) is 0 Å². The summed E-state index contributed by atoms with van der Waals surface area (Å²) in [6.07, 6.45) is 5.68. The quantitative estimate of drug-likeness (QED) is 0.695. The molecule has 0 amide bonds. The highest BCUT2D eigenvalue weighted by Crippen LogP contribution is 2.43. The molecule has 1 saturated carbocycles. The monoisotopic (exact) mass is 212 g/mol. The molecular weight excluding hydrogens is 196 g/mol. The largest absolute Gasteiger partial charge is 0.294 e. The first-order chi connectivity index (χ1) is 7.86. The van der Waals surface area contributed by atoms with Crippen LogP contribution in [0.5, 0.6) is 0 Å². The van der Waals surface area contributed by atoms with Crippen LogP contribution >= 0.6 is 0 Å². The summed E-state index contributed by atoms with van der Waals surface area (Å²) >= 11 is 0. The smallest absolute Gasteiger partial charge is 0.164 e. The second-order valence-electron chi connectivity index (χ2n) is 4.84. The lowest BCUT2D eigenvalue weighted by atomic mass is 9.84. The Labute approximate surface area is 96.2 Å². The molecule has 0 aromatic heterocycles. The van der Waals surface area contributed by atoms with Crippen LogP contribution in [0, 0.1) is 5.92 Å². The summed E-state index contributed by atoms with van der Waals surface area (Å²) in [6, 6.07) is 10.2. The van der Waals surface area contributed by atoms with Crippen LogP contribution in [0.4, 0.5) is 0 Å². The summed E-state index contributed by atoms with van der Waals surface area (Å²) in [7, 11) is 0. The molecule has 2 aliphatic carbocycles. The summed E-state index contributed by atoms with van der Waals surface area (Å²) in [5.74, 6) is 0.935. The van der Waals surface area contributed by atoms with Gasteiger partial charge in [-0.05, 0) is 30.7 Å². The predicted molar refractivity (Wildman–Crippen MR) is 64.9 cm³/mol. The van der Waals surface area contributed by atoms with E-state index < -0.39 is 0 Å². The number of allylic oxidation sites excluding steroid dienone is 2. The zero-order chi connectivity index (χ0) is 11.0. The van der Waals surface area contributed by atoms with Crippen LogP contribution in [-0.2, 0) is 4.79 Å². The highest BCUT2D eigenvalue weighted by atomic mass is 16.1. The van der Waals surface area contributed by atoms with Gasteiger partial charge in [0.15, 0.2) is 5.78 Å². The molecule has 1 unspecified atom stereocenters. The van der Waals surface area contributed by atoms with E-state index in [0.717, 1.165) is 24.0 Å². The summed E-state index contributed by atoms with van der Waals surface area (Å²) in [4.78, 5) is 12.1. The van der Waals surface area contributed by atoms with Crippen molar-refractivity contribution in [2.45, 2.75) is 32.1 Å². The van der Waals surface area contributed by atoms with Crippen molar-refractivity contribution in [3.8, 4) is 0 Å². The lowest BCUT2D eigenvalue weighted by Gasteiger charge is -2.20. The molecule has 1 aromatic carbocycles. The van der Waals surface area contributed by atoms with Crippen molar-refractivity contribution in [2.75, 3.05) is 0 Å². The number of fused-ring (bicyclic) bond motifs is 1. The number of rotatable bonds is 1. The number of hydrogen-bond donors (Lipinski definition) is 0. The summed E-state index contributed by atoms with van der Waals surface area (Å²) in [6.45, 7) is 0. The summed E-state index contributed by atoms with van der Waals surface area (Å²) in [5.41, 5.74) is 3.62. The van der Waals surface area contributed by atoms with E-state index in [4.69, 9.17) is 0 Å². The molecule has 1 atom stereocenters. The Bertz CT molecular complexity index is 442. The van der Waals surface area contributed by atoms with Gasteiger partial charge in [0, 0.05) is 12.0 Å². The molecule has 0 N–H and O–H groups in total. The van der Waals surface area contributed by atoms with E-state index in [2.05, 4.69) is 12.1 Å². The van der Waals surface area contributed by atoms with Crippen molar-refractivity contribution < 1.29 is 4.79 Å². The molecule has 1 fully saturated rings. The first kappa shape index (κ1) is 9.83. The van der Waals surface area contributed by atoms with Crippen LogP contribution in [0.1, 0.15) is 37.7 Å². The zero-order valence-corrected chi connectivity index (χ0v) is 9.41. The van der Waals surface area contributed by atoms with Gasteiger partial charge in [-0.1, -0.05) is 42.3 Å². The van der Waals surface area contributed by atoms with E-state index in [1.807, 2.05) is 18.2 Å². The van der Waals surface area contributed by atoms with Crippen LogP contribution in [0.3, 0.4) is 0 Å². The van der Waals surface area contributed by atoms with Gasteiger partial charge in [-0.3, -0.25) is 4.79 Å². The Kier molecular flexibility index (Phi) is 2.39. The molecule has 0 spiro atoms. The lowest BCUT2D eigenvalue weighted by molar-refractivity contribution is -0.113. The van der Waals surface area contributed by atoms with Gasteiger partial charge in [0.05, 0.1) is 0 Å². The first-order valence-corrected chi connectivity index (χ1v) is 6.18. The molecule has 16 heavy (non-hydrogen) atoms. The lowest BCUT2D eigenvalue weighted by Crippen LogP contribution is -2.06. The highest BCUT2D eigenvalue weighted by molar-refractivity contribution is 6.24. The van der Waals surface area contributed by atoms with Crippen LogP contribution in [0.2, 0.25) is 0 Å². The molecule has 0 heterocycles. The van der Waals surface area contributed by atoms with E-state index in [-0.39, 0.29) is 0 Å². The molecular formula is C15H16O. The number of hydrogen-bond acceptors (Lipinski definition) is 1. The summed E-state index contributed by atoms with van der Waals surface area (Å²) < 4.78 is 0. The van der Waals surface area contributed by atoms with Crippen molar-refractivity contribution >= 4 is 11.4 Å². The van der Waals surface area contributed by atoms with Crippen LogP contribution in [-0.4, -0.2) is 5.78 Å². The first-order valence-electron chi connectivity index (χ1n) is 6.18. The van der Waals surface area contributed by atoms with E-state index in [1.165, 1.54) is 24.8 Å². The van der Waals surface area contributed by atoms with Crippen molar-refractivity contribution in [3.63, 3.8) is 0 Å². The van der Waals surface area contributed by atoms with Crippen molar-refractivity contribution in [3.05, 3.63) is 41.5 Å². The van der Waals surface area contributed by atoms with Gasteiger partial charge in [-0.15, -0.1) is 0 Å². The molecule has 0 radical (unpaired) electrons. The third-order valence-electron chi connectivity index (χ3n) is 3.84. The maximum absolute atomic E-state index is 12.1. The number of Topliss-reactive ketones (excluding diaryl/α,β-unsaturated/α-hetero) is 1. The molecule has 0 bridgehead atoms. The van der Waals surface area contributed by atoms with Gasteiger partial charge < -0.3 is 0 Å². The Morgan fingerprint density at radius 3 is 2.69 bits per heavy atom. The second kappa shape index (κ2) is 3.89. The minimum Gasteiger partial charge on any atom is -0.294 e. The fourth-order valence-electron chi connectivity index (χ4n) is 3.10. The number of carbonyl (C=O) groups excluding carboxylic acids is 1. The molecule has 3 rings (SSSR count). The van der Waals surface area contributed by atoms with Crippen LogP contribution in [0.15, 0.2) is 35.9 Å². The van der Waals surface area contributed by atoms with Gasteiger partial charge in [-0.25, -0.2) is 0 Å². The zero-order valence-electron chi connectivity index (χ0n) is 9.41.